The van der Waals surface area contributed by atoms with Crippen LogP contribution in [0.5, 0.6) is 5.75 Å². The van der Waals surface area contributed by atoms with Gasteiger partial charge in [0, 0.05) is 6.04 Å². The summed E-state index contributed by atoms with van der Waals surface area (Å²) in [7, 11) is 0. The molecule has 0 bridgehead atoms. The number of benzene rings is 1. The van der Waals surface area contributed by atoms with Crippen molar-refractivity contribution in [3.63, 3.8) is 0 Å². The van der Waals surface area contributed by atoms with E-state index in [1.165, 1.54) is 0 Å². The van der Waals surface area contributed by atoms with Gasteiger partial charge in [-0.3, -0.25) is 0 Å². The molecule has 1 aromatic carbocycles. The van der Waals surface area contributed by atoms with E-state index >= 15 is 0 Å². The number of hydrogen-bond donors (Lipinski definition) is 1. The van der Waals surface area contributed by atoms with Crippen molar-refractivity contribution in [1.82, 2.24) is 5.32 Å². The zero-order valence-corrected chi connectivity index (χ0v) is 12.0. The quantitative estimate of drug-likeness (QED) is 0.829. The lowest BCUT2D eigenvalue weighted by Crippen LogP contribution is -2.32. The Kier molecular flexibility index (Phi) is 5.73. The van der Waals surface area contributed by atoms with Gasteiger partial charge >= 0.3 is 6.61 Å². The van der Waals surface area contributed by atoms with Gasteiger partial charge in [0.05, 0.1) is 0 Å². The van der Waals surface area contributed by atoms with Crippen LogP contribution < -0.4 is 10.1 Å². The van der Waals surface area contributed by atoms with Crippen LogP contribution in [0.3, 0.4) is 0 Å². The fourth-order valence-corrected chi connectivity index (χ4v) is 2.05. The van der Waals surface area contributed by atoms with E-state index in [1.807, 2.05) is 12.1 Å². The molecular weight excluding hydrogens is 248 g/mol. The minimum absolute atomic E-state index is 0.0558. The molecule has 2 nitrogen and oxygen atoms in total. The molecule has 1 aromatic rings. The minimum Gasteiger partial charge on any atom is -0.435 e. The van der Waals surface area contributed by atoms with E-state index in [4.69, 9.17) is 0 Å². The number of hydrogen-bond acceptors (Lipinski definition) is 2. The molecule has 0 spiro atoms. The van der Waals surface area contributed by atoms with Crippen molar-refractivity contribution in [2.75, 3.05) is 6.54 Å². The third-order valence-corrected chi connectivity index (χ3v) is 2.90. The average Bonchev–Trinajstić information content (AvgIpc) is 2.29. The summed E-state index contributed by atoms with van der Waals surface area (Å²) in [6, 6.07) is 7.06. The summed E-state index contributed by atoms with van der Waals surface area (Å²) in [6.45, 7) is 6.74. The highest BCUT2D eigenvalue weighted by Crippen LogP contribution is 2.33. The smallest absolute Gasteiger partial charge is 0.387 e. The number of nitrogens with one attached hydrogen (secondary N) is 1. The monoisotopic (exact) mass is 271 g/mol. The summed E-state index contributed by atoms with van der Waals surface area (Å²) in [5.74, 6) is 0.196. The van der Waals surface area contributed by atoms with Gasteiger partial charge in [-0.25, -0.2) is 0 Å². The van der Waals surface area contributed by atoms with Crippen LogP contribution in [0.25, 0.3) is 0 Å². The second-order valence-electron chi connectivity index (χ2n) is 5.70. The van der Waals surface area contributed by atoms with Gasteiger partial charge in [-0.2, -0.15) is 8.78 Å². The normalized spacial score (nSPS) is 13.6. The molecule has 1 N–H and O–H groups in total. The number of rotatable bonds is 6. The zero-order valence-electron chi connectivity index (χ0n) is 12.0. The Hall–Kier alpha value is -1.16. The molecule has 108 valence electrons. The highest BCUT2D eigenvalue weighted by atomic mass is 19.3. The Morgan fingerprint density at radius 2 is 1.74 bits per heavy atom. The fourth-order valence-electron chi connectivity index (χ4n) is 2.05. The summed E-state index contributed by atoms with van der Waals surface area (Å²) in [5, 5.41) is 3.50. The SMILES string of the molecule is CCCNC(c1ccc(OC(F)F)cc1)C(C)(C)C. The van der Waals surface area contributed by atoms with Gasteiger partial charge in [0.2, 0.25) is 0 Å². The summed E-state index contributed by atoms with van der Waals surface area (Å²) in [6.07, 6.45) is 1.05. The van der Waals surface area contributed by atoms with Crippen LogP contribution in [-0.2, 0) is 0 Å². The molecule has 1 atom stereocenters. The lowest BCUT2D eigenvalue weighted by atomic mass is 9.82. The van der Waals surface area contributed by atoms with Crippen LogP contribution >= 0.6 is 0 Å². The molecule has 0 amide bonds. The van der Waals surface area contributed by atoms with Crippen molar-refractivity contribution in [2.45, 2.75) is 46.8 Å². The van der Waals surface area contributed by atoms with Gasteiger partial charge in [0.15, 0.2) is 0 Å². The summed E-state index contributed by atoms with van der Waals surface area (Å²) in [5.41, 5.74) is 1.14. The molecule has 4 heteroatoms. The molecule has 19 heavy (non-hydrogen) atoms. The maximum atomic E-state index is 12.1. The van der Waals surface area contributed by atoms with E-state index in [2.05, 4.69) is 37.7 Å². The van der Waals surface area contributed by atoms with Crippen LogP contribution in [0.2, 0.25) is 0 Å². The van der Waals surface area contributed by atoms with Crippen molar-refractivity contribution in [2.24, 2.45) is 5.41 Å². The second kappa shape index (κ2) is 6.85. The van der Waals surface area contributed by atoms with Gasteiger partial charge in [-0.1, -0.05) is 39.8 Å². The van der Waals surface area contributed by atoms with E-state index in [-0.39, 0.29) is 17.2 Å². The summed E-state index contributed by atoms with van der Waals surface area (Å²) < 4.78 is 28.6. The Labute approximate surface area is 114 Å². The van der Waals surface area contributed by atoms with Crippen molar-refractivity contribution >= 4 is 0 Å². The van der Waals surface area contributed by atoms with E-state index in [1.54, 1.807) is 12.1 Å². The highest BCUT2D eigenvalue weighted by Gasteiger charge is 2.25. The van der Waals surface area contributed by atoms with E-state index < -0.39 is 6.61 Å². The minimum atomic E-state index is -2.78. The lowest BCUT2D eigenvalue weighted by Gasteiger charge is -2.32. The highest BCUT2D eigenvalue weighted by molar-refractivity contribution is 5.30. The van der Waals surface area contributed by atoms with Crippen molar-refractivity contribution in [1.29, 1.82) is 0 Å². The molecule has 0 saturated carbocycles. The lowest BCUT2D eigenvalue weighted by molar-refractivity contribution is -0.0498. The first-order valence-corrected chi connectivity index (χ1v) is 6.62. The number of ether oxygens (including phenoxy) is 1. The van der Waals surface area contributed by atoms with Gasteiger partial charge in [-0.15, -0.1) is 0 Å². The molecule has 0 radical (unpaired) electrons. The molecule has 1 unspecified atom stereocenters. The summed E-state index contributed by atoms with van der Waals surface area (Å²) >= 11 is 0. The van der Waals surface area contributed by atoms with Crippen LogP contribution in [0, 0.1) is 5.41 Å². The third-order valence-electron chi connectivity index (χ3n) is 2.90. The van der Waals surface area contributed by atoms with Crippen molar-refractivity contribution in [3.8, 4) is 5.75 Å². The Balaban J connectivity index is 2.85. The topological polar surface area (TPSA) is 21.3 Å². The third kappa shape index (κ3) is 5.15. The number of halogens is 2. The Morgan fingerprint density at radius 3 is 2.16 bits per heavy atom. The van der Waals surface area contributed by atoms with Crippen molar-refractivity contribution in [3.05, 3.63) is 29.8 Å². The first-order valence-electron chi connectivity index (χ1n) is 6.62. The van der Waals surface area contributed by atoms with Crippen molar-refractivity contribution < 1.29 is 13.5 Å². The van der Waals surface area contributed by atoms with Gasteiger partial charge in [0.1, 0.15) is 5.75 Å². The molecule has 1 rings (SSSR count). The molecule has 0 heterocycles. The average molecular weight is 271 g/mol. The van der Waals surface area contributed by atoms with Crippen LogP contribution in [0.15, 0.2) is 24.3 Å². The van der Waals surface area contributed by atoms with E-state index in [0.29, 0.717) is 0 Å². The zero-order chi connectivity index (χ0) is 14.5. The van der Waals surface area contributed by atoms with E-state index in [9.17, 15) is 8.78 Å². The molecule has 0 aliphatic heterocycles. The largest absolute Gasteiger partial charge is 0.435 e. The Morgan fingerprint density at radius 1 is 1.16 bits per heavy atom. The van der Waals surface area contributed by atoms with Gasteiger partial charge in [-0.05, 0) is 36.1 Å². The standard InChI is InChI=1S/C15H23F2NO/c1-5-10-18-13(15(2,3)4)11-6-8-12(9-7-11)19-14(16)17/h6-9,13-14,18H,5,10H2,1-4H3. The molecule has 0 saturated heterocycles. The molecule has 0 aromatic heterocycles. The first kappa shape index (κ1) is 15.9. The molecular formula is C15H23F2NO. The van der Waals surface area contributed by atoms with E-state index in [0.717, 1.165) is 18.5 Å². The molecule has 0 fully saturated rings. The van der Waals surface area contributed by atoms with Gasteiger partial charge < -0.3 is 10.1 Å². The van der Waals surface area contributed by atoms with Crippen LogP contribution in [0.1, 0.15) is 45.7 Å². The second-order valence-corrected chi connectivity index (χ2v) is 5.70. The maximum absolute atomic E-state index is 12.1. The predicted molar refractivity (Wildman–Crippen MR) is 73.6 cm³/mol. The summed E-state index contributed by atoms with van der Waals surface area (Å²) in [4.78, 5) is 0. The fraction of sp³-hybridized carbons (Fsp3) is 0.600. The Bertz CT molecular complexity index is 371. The first-order chi connectivity index (χ1) is 8.84. The van der Waals surface area contributed by atoms with Crippen LogP contribution in [-0.4, -0.2) is 13.2 Å². The van der Waals surface area contributed by atoms with Gasteiger partial charge in [0.25, 0.3) is 0 Å². The van der Waals surface area contributed by atoms with Crippen LogP contribution in [0.4, 0.5) is 8.78 Å². The molecule has 0 aliphatic carbocycles. The number of alkyl halides is 2. The molecule has 0 aliphatic rings. The maximum Gasteiger partial charge on any atom is 0.387 e. The predicted octanol–water partition coefficient (Wildman–Crippen LogP) is 4.37.